The molecule has 0 saturated heterocycles. The van der Waals surface area contributed by atoms with Crippen LogP contribution in [0, 0.1) is 5.92 Å². The van der Waals surface area contributed by atoms with Crippen molar-refractivity contribution in [1.82, 2.24) is 0 Å². The van der Waals surface area contributed by atoms with Gasteiger partial charge >= 0.3 is 0 Å². The zero-order valence-corrected chi connectivity index (χ0v) is 13.3. The first-order chi connectivity index (χ1) is 11.2. The van der Waals surface area contributed by atoms with Crippen LogP contribution in [0.15, 0.2) is 85.5 Å². The number of benzene rings is 3. The zero-order chi connectivity index (χ0) is 16.2. The second-order valence-corrected chi connectivity index (χ2v) is 5.85. The Balaban J connectivity index is 2.02. The van der Waals surface area contributed by atoms with Crippen LogP contribution in [0.5, 0.6) is 0 Å². The zero-order valence-electron chi connectivity index (χ0n) is 13.3. The lowest BCUT2D eigenvalue weighted by Gasteiger charge is -2.22. The van der Waals surface area contributed by atoms with Gasteiger partial charge in [-0.3, -0.25) is 4.79 Å². The molecule has 0 heterocycles. The van der Waals surface area contributed by atoms with Gasteiger partial charge in [-0.1, -0.05) is 85.8 Å². The number of fused-ring (bicyclic) bond motifs is 1. The number of carbonyl (C=O) groups is 1. The van der Waals surface area contributed by atoms with Crippen molar-refractivity contribution in [1.29, 1.82) is 0 Å². The van der Waals surface area contributed by atoms with E-state index in [0.717, 1.165) is 11.1 Å². The first-order valence-electron chi connectivity index (χ1n) is 7.92. The number of Topliss-reactive ketones (excluding diaryl/α,β-unsaturated/α-hetero) is 1. The molecule has 0 N–H and O–H groups in total. The molecule has 0 radical (unpaired) electrons. The predicted molar refractivity (Wildman–Crippen MR) is 96.8 cm³/mol. The van der Waals surface area contributed by atoms with E-state index in [-0.39, 0.29) is 17.6 Å². The summed E-state index contributed by atoms with van der Waals surface area (Å²) in [5.74, 6) is -0.00190. The smallest absolute Gasteiger partial charge is 0.166 e. The van der Waals surface area contributed by atoms with Gasteiger partial charge < -0.3 is 0 Å². The van der Waals surface area contributed by atoms with E-state index in [0.29, 0.717) is 0 Å². The van der Waals surface area contributed by atoms with Crippen LogP contribution < -0.4 is 0 Å². The Labute approximate surface area is 137 Å². The van der Waals surface area contributed by atoms with Gasteiger partial charge in [0, 0.05) is 17.4 Å². The highest BCUT2D eigenvalue weighted by atomic mass is 16.1. The maximum Gasteiger partial charge on any atom is 0.166 e. The van der Waals surface area contributed by atoms with Gasteiger partial charge in [-0.25, -0.2) is 0 Å². The first-order valence-corrected chi connectivity index (χ1v) is 7.92. The molecule has 0 aromatic heterocycles. The fourth-order valence-corrected chi connectivity index (χ4v) is 3.17. The Morgan fingerprint density at radius 3 is 2.30 bits per heavy atom. The van der Waals surface area contributed by atoms with Crippen LogP contribution in [0.25, 0.3) is 10.8 Å². The monoisotopic (exact) mass is 300 g/mol. The second-order valence-electron chi connectivity index (χ2n) is 5.85. The maximum absolute atomic E-state index is 12.8. The number of allylic oxidation sites excluding steroid dienone is 1. The van der Waals surface area contributed by atoms with E-state index in [1.54, 1.807) is 0 Å². The molecule has 3 aromatic carbocycles. The second kappa shape index (κ2) is 6.62. The molecule has 0 aliphatic rings. The Morgan fingerprint density at radius 2 is 1.57 bits per heavy atom. The molecule has 23 heavy (non-hydrogen) atoms. The SMILES string of the molecule is C=C[C@H](c1cccc2ccccc12)[C@H](C)C(=O)c1ccccc1. The van der Waals surface area contributed by atoms with Crippen molar-refractivity contribution in [2.24, 2.45) is 5.92 Å². The summed E-state index contributed by atoms with van der Waals surface area (Å²) in [7, 11) is 0. The molecule has 3 aromatic rings. The third kappa shape index (κ3) is 2.95. The third-order valence-electron chi connectivity index (χ3n) is 4.45. The van der Waals surface area contributed by atoms with Crippen molar-refractivity contribution >= 4 is 16.6 Å². The average molecular weight is 300 g/mol. The number of hydrogen-bond donors (Lipinski definition) is 0. The molecule has 114 valence electrons. The predicted octanol–water partition coefficient (Wildman–Crippen LogP) is 5.63. The quantitative estimate of drug-likeness (QED) is 0.441. The molecule has 0 saturated carbocycles. The van der Waals surface area contributed by atoms with Gasteiger partial charge in [0.25, 0.3) is 0 Å². The first kappa shape index (κ1) is 15.2. The lowest BCUT2D eigenvalue weighted by atomic mass is 9.81. The number of carbonyl (C=O) groups excluding carboxylic acids is 1. The van der Waals surface area contributed by atoms with Crippen LogP contribution in [0.4, 0.5) is 0 Å². The van der Waals surface area contributed by atoms with Crippen molar-refractivity contribution < 1.29 is 4.79 Å². The van der Waals surface area contributed by atoms with Gasteiger partial charge in [-0.15, -0.1) is 6.58 Å². The van der Waals surface area contributed by atoms with Crippen LogP contribution in [-0.4, -0.2) is 5.78 Å². The topological polar surface area (TPSA) is 17.1 Å². The molecule has 2 atom stereocenters. The Bertz CT molecular complexity index is 827. The summed E-state index contributed by atoms with van der Waals surface area (Å²) in [4.78, 5) is 12.8. The standard InChI is InChI=1S/C22H20O/c1-3-19(16(2)22(23)18-11-5-4-6-12-18)21-15-9-13-17-10-7-8-14-20(17)21/h3-16,19H,1H2,2H3/t16-,19-/m0/s1. The highest BCUT2D eigenvalue weighted by Crippen LogP contribution is 2.33. The van der Waals surface area contributed by atoms with E-state index >= 15 is 0 Å². The minimum absolute atomic E-state index is 0.00574. The molecule has 0 aliphatic heterocycles. The summed E-state index contributed by atoms with van der Waals surface area (Å²) in [6.45, 7) is 5.98. The van der Waals surface area contributed by atoms with Crippen LogP contribution in [-0.2, 0) is 0 Å². The summed E-state index contributed by atoms with van der Waals surface area (Å²) >= 11 is 0. The molecule has 1 nitrogen and oxygen atoms in total. The van der Waals surface area contributed by atoms with E-state index in [1.165, 1.54) is 10.8 Å². The molecule has 0 aliphatic carbocycles. The average Bonchev–Trinajstić information content (AvgIpc) is 2.62. The van der Waals surface area contributed by atoms with Crippen molar-refractivity contribution in [3.05, 3.63) is 96.6 Å². The van der Waals surface area contributed by atoms with Gasteiger partial charge in [0.1, 0.15) is 0 Å². The lowest BCUT2D eigenvalue weighted by Crippen LogP contribution is -2.18. The maximum atomic E-state index is 12.8. The van der Waals surface area contributed by atoms with Crippen molar-refractivity contribution in [2.45, 2.75) is 12.8 Å². The third-order valence-corrected chi connectivity index (χ3v) is 4.45. The summed E-state index contributed by atoms with van der Waals surface area (Å²) < 4.78 is 0. The summed E-state index contributed by atoms with van der Waals surface area (Å²) in [5, 5.41) is 2.38. The van der Waals surface area contributed by atoms with Gasteiger partial charge in [0.2, 0.25) is 0 Å². The van der Waals surface area contributed by atoms with Gasteiger partial charge in [-0.05, 0) is 16.3 Å². The summed E-state index contributed by atoms with van der Waals surface area (Å²) in [6, 6.07) is 24.0. The number of rotatable bonds is 5. The van der Waals surface area contributed by atoms with Crippen LogP contribution in [0.3, 0.4) is 0 Å². The van der Waals surface area contributed by atoms with Crippen LogP contribution in [0.2, 0.25) is 0 Å². The fraction of sp³-hybridized carbons (Fsp3) is 0.136. The van der Waals surface area contributed by atoms with E-state index in [2.05, 4.69) is 30.8 Å². The molecule has 0 unspecified atom stereocenters. The van der Waals surface area contributed by atoms with Crippen LogP contribution >= 0.6 is 0 Å². The van der Waals surface area contributed by atoms with E-state index in [9.17, 15) is 4.79 Å². The van der Waals surface area contributed by atoms with Crippen molar-refractivity contribution in [3.63, 3.8) is 0 Å². The molecular weight excluding hydrogens is 280 g/mol. The van der Waals surface area contributed by atoms with E-state index in [4.69, 9.17) is 0 Å². The molecular formula is C22H20O. The van der Waals surface area contributed by atoms with Gasteiger partial charge in [0.15, 0.2) is 5.78 Å². The molecule has 0 bridgehead atoms. The Morgan fingerprint density at radius 1 is 0.913 bits per heavy atom. The van der Waals surface area contributed by atoms with E-state index < -0.39 is 0 Å². The molecule has 0 amide bonds. The normalized spacial score (nSPS) is 13.4. The number of hydrogen-bond acceptors (Lipinski definition) is 1. The minimum atomic E-state index is -0.152. The van der Waals surface area contributed by atoms with Gasteiger partial charge in [0.05, 0.1) is 0 Å². The Kier molecular flexibility index (Phi) is 4.38. The van der Waals surface area contributed by atoms with Gasteiger partial charge in [-0.2, -0.15) is 0 Å². The highest BCUT2D eigenvalue weighted by Gasteiger charge is 2.25. The molecule has 3 rings (SSSR count). The molecule has 0 spiro atoms. The molecule has 1 heteroatoms. The number of ketones is 1. The Hall–Kier alpha value is -2.67. The van der Waals surface area contributed by atoms with E-state index in [1.807, 2.05) is 61.5 Å². The van der Waals surface area contributed by atoms with Crippen molar-refractivity contribution in [2.75, 3.05) is 0 Å². The lowest BCUT2D eigenvalue weighted by molar-refractivity contribution is 0.0921. The highest BCUT2D eigenvalue weighted by molar-refractivity contribution is 5.99. The van der Waals surface area contributed by atoms with Crippen molar-refractivity contribution in [3.8, 4) is 0 Å². The fourth-order valence-electron chi connectivity index (χ4n) is 3.17. The van der Waals surface area contributed by atoms with Crippen LogP contribution in [0.1, 0.15) is 28.8 Å². The summed E-state index contributed by atoms with van der Waals surface area (Å²) in [5.41, 5.74) is 1.92. The largest absolute Gasteiger partial charge is 0.294 e. The molecule has 0 fully saturated rings. The summed E-state index contributed by atoms with van der Waals surface area (Å²) in [6.07, 6.45) is 1.90. The minimum Gasteiger partial charge on any atom is -0.294 e.